The van der Waals surface area contributed by atoms with Gasteiger partial charge in [-0.05, 0) is 24.8 Å². The Morgan fingerprint density at radius 1 is 1.38 bits per heavy atom. The molecule has 21 heavy (non-hydrogen) atoms. The van der Waals surface area contributed by atoms with Crippen molar-refractivity contribution in [1.29, 1.82) is 0 Å². The van der Waals surface area contributed by atoms with E-state index in [1.54, 1.807) is 12.4 Å². The minimum atomic E-state index is -3.39. The number of hydrogen-bond donors (Lipinski definition) is 0. The second kappa shape index (κ2) is 6.67. The summed E-state index contributed by atoms with van der Waals surface area (Å²) in [5.41, 5.74) is 1.04. The van der Waals surface area contributed by atoms with Crippen molar-refractivity contribution in [3.8, 4) is 6.01 Å². The van der Waals surface area contributed by atoms with Gasteiger partial charge in [-0.15, -0.1) is 0 Å². The Bertz CT molecular complexity index is 559. The van der Waals surface area contributed by atoms with E-state index in [1.807, 2.05) is 6.92 Å². The van der Waals surface area contributed by atoms with Crippen LogP contribution in [0.25, 0.3) is 0 Å². The molecule has 7 nitrogen and oxygen atoms in total. The number of rotatable bonds is 5. The van der Waals surface area contributed by atoms with E-state index < -0.39 is 10.2 Å². The number of ether oxygens (including phenoxy) is 1. The Morgan fingerprint density at radius 2 is 2.05 bits per heavy atom. The molecule has 0 spiro atoms. The fraction of sp³-hybridized carbons (Fsp3) is 0.692. The monoisotopic (exact) mass is 314 g/mol. The van der Waals surface area contributed by atoms with Crippen molar-refractivity contribution in [1.82, 2.24) is 18.6 Å². The zero-order valence-corrected chi connectivity index (χ0v) is 13.5. The van der Waals surface area contributed by atoms with Crippen molar-refractivity contribution in [2.24, 2.45) is 0 Å². The average molecular weight is 314 g/mol. The highest BCUT2D eigenvalue weighted by Gasteiger charge is 2.31. The second-order valence-electron chi connectivity index (χ2n) is 5.26. The van der Waals surface area contributed by atoms with Crippen molar-refractivity contribution >= 4 is 10.2 Å². The summed E-state index contributed by atoms with van der Waals surface area (Å²) in [7, 11) is -0.322. The Morgan fingerprint density at radius 3 is 2.62 bits per heavy atom. The predicted octanol–water partition coefficient (Wildman–Crippen LogP) is 0.689. The highest BCUT2D eigenvalue weighted by Crippen LogP contribution is 2.18. The normalized spacial score (nSPS) is 20.7. The van der Waals surface area contributed by atoms with E-state index in [9.17, 15) is 8.42 Å². The maximum atomic E-state index is 12.1. The van der Waals surface area contributed by atoms with E-state index in [2.05, 4.69) is 9.97 Å². The molecule has 8 heteroatoms. The van der Waals surface area contributed by atoms with Crippen molar-refractivity contribution < 1.29 is 13.2 Å². The first kappa shape index (κ1) is 16.1. The van der Waals surface area contributed by atoms with Gasteiger partial charge in [0.2, 0.25) is 0 Å². The van der Waals surface area contributed by atoms with Crippen LogP contribution in [0.2, 0.25) is 0 Å². The van der Waals surface area contributed by atoms with Gasteiger partial charge in [0.25, 0.3) is 10.2 Å². The van der Waals surface area contributed by atoms with Gasteiger partial charge in [-0.25, -0.2) is 9.97 Å². The number of aryl methyl sites for hydroxylation is 1. The summed E-state index contributed by atoms with van der Waals surface area (Å²) >= 11 is 0. The summed E-state index contributed by atoms with van der Waals surface area (Å²) in [6.45, 7) is 2.89. The van der Waals surface area contributed by atoms with Gasteiger partial charge < -0.3 is 4.74 Å². The third-order valence-corrected chi connectivity index (χ3v) is 5.40. The molecular weight excluding hydrogens is 292 g/mol. The van der Waals surface area contributed by atoms with Crippen LogP contribution in [0.1, 0.15) is 25.3 Å². The quantitative estimate of drug-likeness (QED) is 0.799. The fourth-order valence-corrected chi connectivity index (χ4v) is 3.35. The molecule has 1 fully saturated rings. The number of hydrogen-bond acceptors (Lipinski definition) is 5. The summed E-state index contributed by atoms with van der Waals surface area (Å²) in [6, 6.07) is 0.307. The smallest absolute Gasteiger partial charge is 0.316 e. The molecule has 0 saturated carbocycles. The van der Waals surface area contributed by atoms with Gasteiger partial charge in [-0.1, -0.05) is 6.92 Å². The molecule has 2 rings (SSSR count). The summed E-state index contributed by atoms with van der Waals surface area (Å²) in [5.74, 6) is 0. The fourth-order valence-electron chi connectivity index (χ4n) is 2.18. The van der Waals surface area contributed by atoms with E-state index in [-0.39, 0.29) is 6.10 Å². The molecular formula is C13H22N4O3S. The third-order valence-electron chi connectivity index (χ3n) is 3.49. The Balaban J connectivity index is 2.01. The first-order chi connectivity index (χ1) is 9.93. The molecule has 1 saturated heterocycles. The largest absolute Gasteiger partial charge is 0.459 e. The van der Waals surface area contributed by atoms with Crippen molar-refractivity contribution in [3.05, 3.63) is 18.0 Å². The molecule has 118 valence electrons. The molecule has 0 radical (unpaired) electrons. The average Bonchev–Trinajstić information content (AvgIpc) is 2.48. The number of nitrogens with zero attached hydrogens (tertiary/aromatic N) is 4. The Kier molecular flexibility index (Phi) is 5.13. The van der Waals surface area contributed by atoms with E-state index in [0.29, 0.717) is 19.1 Å². The Labute approximate surface area is 126 Å². The molecule has 0 bridgehead atoms. The van der Waals surface area contributed by atoms with Crippen LogP contribution < -0.4 is 4.74 Å². The van der Waals surface area contributed by atoms with Crippen LogP contribution in [0.3, 0.4) is 0 Å². The highest BCUT2D eigenvalue weighted by molar-refractivity contribution is 7.86. The van der Waals surface area contributed by atoms with Gasteiger partial charge in [0.1, 0.15) is 6.10 Å². The van der Waals surface area contributed by atoms with E-state index in [0.717, 1.165) is 24.8 Å². The lowest BCUT2D eigenvalue weighted by atomic mass is 10.1. The first-order valence-electron chi connectivity index (χ1n) is 7.08. The lowest BCUT2D eigenvalue weighted by Gasteiger charge is -2.32. The van der Waals surface area contributed by atoms with Crippen LogP contribution in [-0.2, 0) is 16.6 Å². The predicted molar refractivity (Wildman–Crippen MR) is 79.2 cm³/mol. The van der Waals surface area contributed by atoms with Crippen molar-refractivity contribution in [2.75, 3.05) is 27.2 Å². The summed E-state index contributed by atoms with van der Waals surface area (Å²) < 4.78 is 32.6. The van der Waals surface area contributed by atoms with Crippen LogP contribution in [0, 0.1) is 0 Å². The van der Waals surface area contributed by atoms with Crippen LogP contribution >= 0.6 is 0 Å². The van der Waals surface area contributed by atoms with Gasteiger partial charge in [-0.2, -0.15) is 17.0 Å². The van der Waals surface area contributed by atoms with Gasteiger partial charge >= 0.3 is 6.01 Å². The summed E-state index contributed by atoms with van der Waals surface area (Å²) in [4.78, 5) is 8.31. The SMILES string of the molecule is CCc1cnc(OC2CCCN(S(=O)(=O)N(C)C)C2)nc1. The maximum absolute atomic E-state index is 12.1. The highest BCUT2D eigenvalue weighted by atomic mass is 32.2. The van der Waals surface area contributed by atoms with Crippen LogP contribution in [0.4, 0.5) is 0 Å². The molecule has 1 aliphatic heterocycles. The molecule has 0 N–H and O–H groups in total. The standard InChI is InChI=1S/C13H22N4O3S/c1-4-11-8-14-13(15-9-11)20-12-6-5-7-17(10-12)21(18,19)16(2)3/h8-9,12H,4-7,10H2,1-3H3. The second-order valence-corrected chi connectivity index (χ2v) is 7.40. The molecule has 1 aliphatic rings. The minimum Gasteiger partial charge on any atom is -0.459 e. The molecule has 1 atom stereocenters. The van der Waals surface area contributed by atoms with E-state index in [4.69, 9.17) is 4.74 Å². The molecule has 2 heterocycles. The lowest BCUT2D eigenvalue weighted by Crippen LogP contribution is -2.48. The minimum absolute atomic E-state index is 0.207. The number of aromatic nitrogens is 2. The topological polar surface area (TPSA) is 75.6 Å². The van der Waals surface area contributed by atoms with Crippen molar-refractivity contribution in [3.63, 3.8) is 0 Å². The molecule has 0 amide bonds. The Hall–Kier alpha value is -1.25. The summed E-state index contributed by atoms with van der Waals surface area (Å²) in [5, 5.41) is 0. The van der Waals surface area contributed by atoms with Gasteiger partial charge in [0.05, 0.1) is 6.54 Å². The first-order valence-corrected chi connectivity index (χ1v) is 8.48. The molecule has 0 aromatic carbocycles. The summed E-state index contributed by atoms with van der Waals surface area (Å²) in [6.07, 6.45) is 5.71. The number of piperidine rings is 1. The van der Waals surface area contributed by atoms with Gasteiger partial charge in [0.15, 0.2) is 0 Å². The molecule has 0 aliphatic carbocycles. The van der Waals surface area contributed by atoms with Crippen molar-refractivity contribution in [2.45, 2.75) is 32.3 Å². The molecule has 1 aromatic rings. The van der Waals surface area contributed by atoms with Crippen LogP contribution in [0.15, 0.2) is 12.4 Å². The van der Waals surface area contributed by atoms with Crippen LogP contribution in [-0.4, -0.2) is 60.3 Å². The lowest BCUT2D eigenvalue weighted by molar-refractivity contribution is 0.116. The van der Waals surface area contributed by atoms with E-state index >= 15 is 0 Å². The van der Waals surface area contributed by atoms with Gasteiger partial charge in [-0.3, -0.25) is 0 Å². The zero-order chi connectivity index (χ0) is 15.5. The molecule has 1 aromatic heterocycles. The molecule has 1 unspecified atom stereocenters. The third kappa shape index (κ3) is 3.90. The van der Waals surface area contributed by atoms with E-state index in [1.165, 1.54) is 22.7 Å². The zero-order valence-electron chi connectivity index (χ0n) is 12.7. The maximum Gasteiger partial charge on any atom is 0.316 e. The van der Waals surface area contributed by atoms with Crippen LogP contribution in [0.5, 0.6) is 6.01 Å². The van der Waals surface area contributed by atoms with Gasteiger partial charge in [0, 0.05) is 33.0 Å².